The van der Waals surface area contributed by atoms with Crippen LogP contribution in [0.1, 0.15) is 0 Å². The molecule has 2 heterocycles. The quantitative estimate of drug-likeness (QED) is 0.237. The Kier molecular flexibility index (Phi) is 5.49. The van der Waals surface area contributed by atoms with Gasteiger partial charge in [0.05, 0.1) is 0 Å². The molecule has 0 aliphatic heterocycles. The summed E-state index contributed by atoms with van der Waals surface area (Å²) >= 11 is 6.49. The molecule has 38 heavy (non-hydrogen) atoms. The topological polar surface area (TPSA) is 30.2 Å². The second-order valence-electron chi connectivity index (χ2n) is 9.30. The summed E-state index contributed by atoms with van der Waals surface area (Å²) in [5.41, 5.74) is 8.41. The van der Waals surface area contributed by atoms with E-state index in [0.29, 0.717) is 5.82 Å². The second kappa shape index (κ2) is 9.29. The zero-order chi connectivity index (χ0) is 25.5. The first kappa shape index (κ1) is 22.5. The van der Waals surface area contributed by atoms with E-state index in [4.69, 9.17) is 21.7 Å². The minimum Gasteiger partial charge on any atom is -0.219 e. The van der Waals surface area contributed by atoms with Gasteiger partial charge < -0.3 is 0 Å². The molecule has 4 heteroatoms. The van der Waals surface area contributed by atoms with Crippen molar-refractivity contribution in [3.05, 3.63) is 139 Å². The van der Waals surface area contributed by atoms with Gasteiger partial charge in [-0.1, -0.05) is 121 Å². The van der Waals surface area contributed by atoms with Crippen LogP contribution in [0.25, 0.3) is 61.2 Å². The van der Waals surface area contributed by atoms with Crippen molar-refractivity contribution in [2.75, 3.05) is 0 Å². The lowest BCUT2D eigenvalue weighted by Gasteiger charge is -2.09. The largest absolute Gasteiger partial charge is 0.219 e. The summed E-state index contributed by atoms with van der Waals surface area (Å²) in [5, 5.41) is 7.88. The number of aromatic nitrogens is 3. The van der Waals surface area contributed by atoms with Crippen LogP contribution in [0.5, 0.6) is 0 Å². The monoisotopic (exact) mass is 507 g/mol. The van der Waals surface area contributed by atoms with Crippen LogP contribution in [0, 0.1) is 0 Å². The van der Waals surface area contributed by atoms with Gasteiger partial charge in [-0.05, 0) is 45.8 Å². The minimum absolute atomic E-state index is 0.688. The lowest BCUT2D eigenvalue weighted by atomic mass is 9.97. The van der Waals surface area contributed by atoms with Crippen molar-refractivity contribution in [3.63, 3.8) is 0 Å². The van der Waals surface area contributed by atoms with Gasteiger partial charge in [-0.25, -0.2) is 9.50 Å². The van der Waals surface area contributed by atoms with Gasteiger partial charge in [-0.15, -0.1) is 5.10 Å². The molecule has 0 saturated carbocycles. The van der Waals surface area contributed by atoms with Crippen molar-refractivity contribution in [2.24, 2.45) is 0 Å². The molecule has 0 atom stereocenters. The summed E-state index contributed by atoms with van der Waals surface area (Å²) in [6.45, 7) is 0. The summed E-state index contributed by atoms with van der Waals surface area (Å²) in [6.07, 6.45) is 2.06. The highest BCUT2D eigenvalue weighted by molar-refractivity contribution is 6.36. The van der Waals surface area contributed by atoms with Crippen molar-refractivity contribution in [3.8, 4) is 44.8 Å². The van der Waals surface area contributed by atoms with Crippen molar-refractivity contribution in [2.45, 2.75) is 0 Å². The Morgan fingerprint density at radius 2 is 1.16 bits per heavy atom. The third kappa shape index (κ3) is 3.94. The molecule has 0 amide bonds. The van der Waals surface area contributed by atoms with E-state index in [1.165, 1.54) is 0 Å². The Balaban J connectivity index is 1.40. The first-order valence-corrected chi connectivity index (χ1v) is 12.9. The minimum atomic E-state index is 0.688. The van der Waals surface area contributed by atoms with Gasteiger partial charge in [0.1, 0.15) is 0 Å². The number of fused-ring (bicyclic) bond motifs is 2. The van der Waals surface area contributed by atoms with Crippen LogP contribution in [0.2, 0.25) is 5.02 Å². The van der Waals surface area contributed by atoms with Crippen LogP contribution in [0.3, 0.4) is 0 Å². The molecule has 3 nitrogen and oxygen atoms in total. The Bertz CT molecular complexity index is 1930. The van der Waals surface area contributed by atoms with E-state index in [9.17, 15) is 0 Å². The van der Waals surface area contributed by atoms with E-state index < -0.39 is 0 Å². The molecule has 2 aromatic heterocycles. The first-order chi connectivity index (χ1) is 18.7. The number of pyridine rings is 1. The molecule has 0 N–H and O–H groups in total. The lowest BCUT2D eigenvalue weighted by molar-refractivity contribution is 0.968. The highest BCUT2D eigenvalue weighted by atomic mass is 35.5. The molecule has 0 fully saturated rings. The summed E-state index contributed by atoms with van der Waals surface area (Å²) in [7, 11) is 0. The van der Waals surface area contributed by atoms with Gasteiger partial charge in [0, 0.05) is 33.3 Å². The summed E-state index contributed by atoms with van der Waals surface area (Å²) in [4.78, 5) is 5.04. The third-order valence-electron chi connectivity index (χ3n) is 6.93. The van der Waals surface area contributed by atoms with Crippen molar-refractivity contribution in [1.29, 1.82) is 0 Å². The van der Waals surface area contributed by atoms with Crippen molar-refractivity contribution >= 4 is 28.0 Å². The number of nitrogens with zero attached hydrogens (tertiary/aromatic N) is 3. The van der Waals surface area contributed by atoms with E-state index in [0.717, 1.165) is 60.4 Å². The number of halogens is 1. The molecule has 180 valence electrons. The Morgan fingerprint density at radius 3 is 1.95 bits per heavy atom. The molecule has 0 aliphatic rings. The fraction of sp³-hybridized carbons (Fsp3) is 0. The number of hydrogen-bond donors (Lipinski definition) is 0. The average molecular weight is 508 g/mol. The molecule has 7 aromatic rings. The standard InChI is InChI=1S/C34H22ClN3/c35-32-19-18-28(29-16-7-8-17-30(29)32)25-14-9-15-26(20-25)33-36-34-31(24-12-5-2-6-13-24)21-27(22-38(34)37-33)23-10-3-1-4-11-23/h1-22H. The SMILES string of the molecule is Clc1ccc(-c2cccc(-c3nc4c(-c5ccccc5)cc(-c5ccccc5)cn4n3)c2)c2ccccc12. The van der Waals surface area contributed by atoms with Crippen LogP contribution in [0.4, 0.5) is 0 Å². The molecule has 0 unspecified atom stereocenters. The number of hydrogen-bond acceptors (Lipinski definition) is 2. The molecule has 0 bridgehead atoms. The number of rotatable bonds is 4. The summed E-state index contributed by atoms with van der Waals surface area (Å²) in [5.74, 6) is 0.688. The molecule has 0 spiro atoms. The van der Waals surface area contributed by atoms with Gasteiger partial charge in [0.2, 0.25) is 0 Å². The molecule has 0 saturated heterocycles. The lowest BCUT2D eigenvalue weighted by Crippen LogP contribution is -1.93. The fourth-order valence-electron chi connectivity index (χ4n) is 5.07. The fourth-order valence-corrected chi connectivity index (χ4v) is 5.29. The predicted molar refractivity (Wildman–Crippen MR) is 157 cm³/mol. The van der Waals surface area contributed by atoms with Crippen LogP contribution in [-0.2, 0) is 0 Å². The Morgan fingerprint density at radius 1 is 0.500 bits per heavy atom. The van der Waals surface area contributed by atoms with E-state index >= 15 is 0 Å². The number of benzene rings is 5. The highest BCUT2D eigenvalue weighted by Gasteiger charge is 2.15. The Labute approximate surface area is 225 Å². The summed E-state index contributed by atoms with van der Waals surface area (Å²) in [6, 6.07) is 43.7. The van der Waals surface area contributed by atoms with E-state index in [2.05, 4.69) is 103 Å². The molecular formula is C34H22ClN3. The van der Waals surface area contributed by atoms with E-state index in [-0.39, 0.29) is 0 Å². The smallest absolute Gasteiger partial charge is 0.182 e. The highest BCUT2D eigenvalue weighted by Crippen LogP contribution is 2.35. The molecule has 0 aliphatic carbocycles. The van der Waals surface area contributed by atoms with Gasteiger partial charge in [0.25, 0.3) is 0 Å². The maximum atomic E-state index is 6.49. The normalized spacial score (nSPS) is 11.3. The zero-order valence-electron chi connectivity index (χ0n) is 20.4. The van der Waals surface area contributed by atoms with Crippen molar-refractivity contribution < 1.29 is 0 Å². The Hall–Kier alpha value is -4.73. The first-order valence-electron chi connectivity index (χ1n) is 12.5. The van der Waals surface area contributed by atoms with Crippen LogP contribution in [-0.4, -0.2) is 14.6 Å². The van der Waals surface area contributed by atoms with Gasteiger partial charge >= 0.3 is 0 Å². The molecule has 0 radical (unpaired) electrons. The zero-order valence-corrected chi connectivity index (χ0v) is 21.2. The summed E-state index contributed by atoms with van der Waals surface area (Å²) < 4.78 is 1.91. The van der Waals surface area contributed by atoms with Crippen LogP contribution >= 0.6 is 11.6 Å². The van der Waals surface area contributed by atoms with Gasteiger partial charge in [-0.2, -0.15) is 0 Å². The molecule has 5 aromatic carbocycles. The van der Waals surface area contributed by atoms with Crippen LogP contribution < -0.4 is 0 Å². The third-order valence-corrected chi connectivity index (χ3v) is 7.26. The maximum Gasteiger partial charge on any atom is 0.182 e. The van der Waals surface area contributed by atoms with E-state index in [1.54, 1.807) is 0 Å². The predicted octanol–water partition coefficient (Wildman–Crippen LogP) is 9.20. The van der Waals surface area contributed by atoms with Crippen molar-refractivity contribution in [1.82, 2.24) is 14.6 Å². The van der Waals surface area contributed by atoms with Gasteiger partial charge in [0.15, 0.2) is 11.5 Å². The molecular weight excluding hydrogens is 486 g/mol. The molecule has 7 rings (SSSR count). The average Bonchev–Trinajstić information content (AvgIpc) is 3.43. The second-order valence-corrected chi connectivity index (χ2v) is 9.71. The van der Waals surface area contributed by atoms with E-state index in [1.807, 2.05) is 34.8 Å². The maximum absolute atomic E-state index is 6.49. The van der Waals surface area contributed by atoms with Gasteiger partial charge in [-0.3, -0.25) is 0 Å². The van der Waals surface area contributed by atoms with Crippen LogP contribution in [0.15, 0.2) is 134 Å².